The van der Waals surface area contributed by atoms with Crippen molar-refractivity contribution < 1.29 is 9.53 Å². The summed E-state index contributed by atoms with van der Waals surface area (Å²) in [5.41, 5.74) is 0. The summed E-state index contributed by atoms with van der Waals surface area (Å²) in [7, 11) is 0. The van der Waals surface area contributed by atoms with E-state index in [9.17, 15) is 4.79 Å². The molecule has 0 amide bonds. The maximum Gasteiger partial charge on any atom is 0.309 e. The molecule has 0 aromatic heterocycles. The number of rotatable bonds is 1. The first kappa shape index (κ1) is 9.04. The summed E-state index contributed by atoms with van der Waals surface area (Å²) in [5, 5.41) is 0. The van der Waals surface area contributed by atoms with Crippen LogP contribution in [0.2, 0.25) is 0 Å². The smallest absolute Gasteiger partial charge is 0.309 e. The maximum atomic E-state index is 11.6. The van der Waals surface area contributed by atoms with Gasteiger partial charge in [0.2, 0.25) is 0 Å². The van der Waals surface area contributed by atoms with Crippen LogP contribution in [0.1, 0.15) is 33.6 Å². The molecule has 1 aliphatic heterocycles. The van der Waals surface area contributed by atoms with Crippen LogP contribution in [-0.2, 0) is 9.53 Å². The number of fused-ring (bicyclic) bond motifs is 2. The zero-order chi connectivity index (χ0) is 9.59. The van der Waals surface area contributed by atoms with Gasteiger partial charge < -0.3 is 4.74 Å². The highest BCUT2D eigenvalue weighted by Crippen LogP contribution is 2.48. The molecule has 1 saturated carbocycles. The second-order valence-electron chi connectivity index (χ2n) is 4.61. The van der Waals surface area contributed by atoms with Gasteiger partial charge in [-0.1, -0.05) is 20.8 Å². The third-order valence-electron chi connectivity index (χ3n) is 4.12. The van der Waals surface area contributed by atoms with Crippen LogP contribution in [0.5, 0.6) is 0 Å². The van der Waals surface area contributed by atoms with E-state index in [-0.39, 0.29) is 18.0 Å². The molecule has 0 aromatic rings. The number of carbonyl (C=O) groups is 1. The number of cyclic esters (lactones) is 1. The number of esters is 1. The maximum absolute atomic E-state index is 11.6. The van der Waals surface area contributed by atoms with Crippen LogP contribution in [0.4, 0.5) is 0 Å². The van der Waals surface area contributed by atoms with E-state index in [2.05, 4.69) is 20.8 Å². The van der Waals surface area contributed by atoms with Gasteiger partial charge in [0, 0.05) is 0 Å². The van der Waals surface area contributed by atoms with E-state index in [0.29, 0.717) is 17.8 Å². The van der Waals surface area contributed by atoms with Crippen LogP contribution in [0, 0.1) is 23.7 Å². The molecule has 2 nitrogen and oxygen atoms in total. The predicted octanol–water partition coefficient (Wildman–Crippen LogP) is 2.23. The molecule has 13 heavy (non-hydrogen) atoms. The first-order valence-corrected chi connectivity index (χ1v) is 5.35. The Morgan fingerprint density at radius 2 is 2.08 bits per heavy atom. The Morgan fingerprint density at radius 1 is 1.38 bits per heavy atom. The van der Waals surface area contributed by atoms with Crippen molar-refractivity contribution in [3.8, 4) is 0 Å². The summed E-state index contributed by atoms with van der Waals surface area (Å²) in [6, 6.07) is 0. The van der Waals surface area contributed by atoms with Crippen LogP contribution >= 0.6 is 0 Å². The quantitative estimate of drug-likeness (QED) is 0.581. The Kier molecular flexibility index (Phi) is 2.09. The molecule has 1 saturated heterocycles. The number of hydrogen-bond acceptors (Lipinski definition) is 2. The molecule has 5 atom stereocenters. The summed E-state index contributed by atoms with van der Waals surface area (Å²) in [6.45, 7) is 6.56. The number of carbonyl (C=O) groups excluding carboxylic acids is 1. The minimum absolute atomic E-state index is 0.0555. The molecular formula is C11H18O2. The Bertz CT molecular complexity index is 224. The first-order valence-electron chi connectivity index (χ1n) is 5.35. The van der Waals surface area contributed by atoms with Gasteiger partial charge in [-0.05, 0) is 30.6 Å². The highest BCUT2D eigenvalue weighted by atomic mass is 16.5. The van der Waals surface area contributed by atoms with Crippen molar-refractivity contribution in [1.29, 1.82) is 0 Å². The van der Waals surface area contributed by atoms with Crippen LogP contribution < -0.4 is 0 Å². The molecule has 2 heteroatoms. The molecular weight excluding hydrogens is 164 g/mol. The van der Waals surface area contributed by atoms with Crippen molar-refractivity contribution in [1.82, 2.24) is 0 Å². The summed E-state index contributed by atoms with van der Waals surface area (Å²) < 4.78 is 5.42. The predicted molar refractivity (Wildman–Crippen MR) is 50.1 cm³/mol. The highest BCUT2D eigenvalue weighted by Gasteiger charge is 2.50. The molecule has 0 N–H and O–H groups in total. The monoisotopic (exact) mass is 182 g/mol. The third kappa shape index (κ3) is 1.18. The minimum atomic E-state index is 0.0555. The lowest BCUT2D eigenvalue weighted by Crippen LogP contribution is -2.33. The molecule has 2 aliphatic rings. The standard InChI is InChI=1S/C11H18O2/c1-4-10-8-5-9(11(12)13-10)7(3)6(8)2/h6-10H,4-5H2,1-3H3. The van der Waals surface area contributed by atoms with E-state index < -0.39 is 0 Å². The van der Waals surface area contributed by atoms with Gasteiger partial charge >= 0.3 is 5.97 Å². The van der Waals surface area contributed by atoms with Gasteiger partial charge in [-0.25, -0.2) is 0 Å². The average Bonchev–Trinajstić information content (AvgIpc) is 2.38. The average molecular weight is 182 g/mol. The highest BCUT2D eigenvalue weighted by molar-refractivity contribution is 5.74. The third-order valence-corrected chi connectivity index (χ3v) is 4.12. The van der Waals surface area contributed by atoms with Crippen LogP contribution in [0.25, 0.3) is 0 Å². The summed E-state index contributed by atoms with van der Waals surface area (Å²) >= 11 is 0. The molecule has 0 aromatic carbocycles. The van der Waals surface area contributed by atoms with E-state index in [1.54, 1.807) is 0 Å². The number of hydrogen-bond donors (Lipinski definition) is 0. The molecule has 1 heterocycles. The first-order chi connectivity index (χ1) is 6.15. The van der Waals surface area contributed by atoms with E-state index in [4.69, 9.17) is 4.74 Å². The second kappa shape index (κ2) is 3.00. The van der Waals surface area contributed by atoms with Crippen LogP contribution in [0.15, 0.2) is 0 Å². The van der Waals surface area contributed by atoms with Crippen molar-refractivity contribution in [2.24, 2.45) is 23.7 Å². The molecule has 5 unspecified atom stereocenters. The van der Waals surface area contributed by atoms with Gasteiger partial charge in [-0.3, -0.25) is 4.79 Å². The molecule has 2 rings (SSSR count). The van der Waals surface area contributed by atoms with Crippen molar-refractivity contribution in [2.75, 3.05) is 0 Å². The van der Waals surface area contributed by atoms with Crippen LogP contribution in [-0.4, -0.2) is 12.1 Å². The summed E-state index contributed by atoms with van der Waals surface area (Å²) in [5.74, 6) is 2.06. The van der Waals surface area contributed by atoms with E-state index in [1.165, 1.54) is 0 Å². The Morgan fingerprint density at radius 3 is 2.69 bits per heavy atom. The fourth-order valence-corrected chi connectivity index (χ4v) is 2.99. The molecule has 1 aliphatic carbocycles. The lowest BCUT2D eigenvalue weighted by Gasteiger charge is -2.29. The Balaban J connectivity index is 2.22. The van der Waals surface area contributed by atoms with Gasteiger partial charge in [-0.15, -0.1) is 0 Å². The zero-order valence-corrected chi connectivity index (χ0v) is 8.62. The van der Waals surface area contributed by atoms with Crippen molar-refractivity contribution >= 4 is 5.97 Å². The molecule has 2 bridgehead atoms. The van der Waals surface area contributed by atoms with Crippen molar-refractivity contribution in [2.45, 2.75) is 39.7 Å². The normalized spacial score (nSPS) is 49.2. The zero-order valence-electron chi connectivity index (χ0n) is 8.62. The fraction of sp³-hybridized carbons (Fsp3) is 0.909. The van der Waals surface area contributed by atoms with Gasteiger partial charge in [0.25, 0.3) is 0 Å². The Hall–Kier alpha value is -0.530. The van der Waals surface area contributed by atoms with Crippen molar-refractivity contribution in [3.63, 3.8) is 0 Å². The second-order valence-corrected chi connectivity index (χ2v) is 4.61. The van der Waals surface area contributed by atoms with Gasteiger partial charge in [0.15, 0.2) is 0 Å². The van der Waals surface area contributed by atoms with E-state index in [0.717, 1.165) is 12.8 Å². The van der Waals surface area contributed by atoms with Gasteiger partial charge in [-0.2, -0.15) is 0 Å². The molecule has 0 spiro atoms. The Labute approximate surface area is 79.7 Å². The fourth-order valence-electron chi connectivity index (χ4n) is 2.99. The van der Waals surface area contributed by atoms with E-state index in [1.807, 2.05) is 0 Å². The van der Waals surface area contributed by atoms with Crippen molar-refractivity contribution in [3.05, 3.63) is 0 Å². The topological polar surface area (TPSA) is 26.3 Å². The van der Waals surface area contributed by atoms with E-state index >= 15 is 0 Å². The lowest BCUT2D eigenvalue weighted by molar-refractivity contribution is -0.162. The van der Waals surface area contributed by atoms with Gasteiger partial charge in [0.1, 0.15) is 6.10 Å². The van der Waals surface area contributed by atoms with Crippen LogP contribution in [0.3, 0.4) is 0 Å². The molecule has 2 fully saturated rings. The minimum Gasteiger partial charge on any atom is -0.462 e. The lowest BCUT2D eigenvalue weighted by atomic mass is 9.87. The molecule has 0 radical (unpaired) electrons. The largest absolute Gasteiger partial charge is 0.462 e. The number of ether oxygens (including phenoxy) is 1. The summed E-state index contributed by atoms with van der Waals surface area (Å²) in [6.07, 6.45) is 2.24. The van der Waals surface area contributed by atoms with Gasteiger partial charge in [0.05, 0.1) is 5.92 Å². The summed E-state index contributed by atoms with van der Waals surface area (Å²) in [4.78, 5) is 11.6. The SMILES string of the molecule is CCC1OC(=O)C2CC1C(C)C2C. The molecule has 74 valence electrons.